The lowest BCUT2D eigenvalue weighted by Gasteiger charge is -2.10. The molecule has 0 aliphatic heterocycles. The quantitative estimate of drug-likeness (QED) is 0.177. The fourth-order valence-corrected chi connectivity index (χ4v) is 2.83. The zero-order chi connectivity index (χ0) is 17.3. The minimum atomic E-state index is -0.256. The summed E-state index contributed by atoms with van der Waals surface area (Å²) in [6, 6.07) is 0. The third kappa shape index (κ3) is 15.9. The Morgan fingerprint density at radius 2 is 1.35 bits per heavy atom. The maximum absolute atomic E-state index is 11.2. The van der Waals surface area contributed by atoms with Gasteiger partial charge in [-0.1, -0.05) is 97.5 Å². The van der Waals surface area contributed by atoms with E-state index < -0.39 is 0 Å². The molecule has 0 rings (SSSR count). The monoisotopic (exact) mass is 324 g/mol. The highest BCUT2D eigenvalue weighted by Crippen LogP contribution is 2.18. The molecule has 0 amide bonds. The summed E-state index contributed by atoms with van der Waals surface area (Å²) in [5, 5.41) is 0. The summed E-state index contributed by atoms with van der Waals surface area (Å²) in [5.74, 6) is 0.656. The van der Waals surface area contributed by atoms with Crippen LogP contribution < -0.4 is 0 Å². The van der Waals surface area contributed by atoms with Crippen LogP contribution in [0.3, 0.4) is 0 Å². The number of esters is 1. The van der Waals surface area contributed by atoms with Gasteiger partial charge in [-0.2, -0.15) is 0 Å². The van der Waals surface area contributed by atoms with Crippen molar-refractivity contribution < 1.29 is 9.53 Å². The van der Waals surface area contributed by atoms with E-state index in [4.69, 9.17) is 4.74 Å². The van der Waals surface area contributed by atoms with Crippen molar-refractivity contribution in [3.05, 3.63) is 12.2 Å². The van der Waals surface area contributed by atoms with Gasteiger partial charge in [0.15, 0.2) is 0 Å². The Morgan fingerprint density at radius 1 is 0.870 bits per heavy atom. The number of ether oxygens (including phenoxy) is 1. The fraction of sp³-hybridized carbons (Fsp3) is 0.857. The molecule has 0 heterocycles. The van der Waals surface area contributed by atoms with E-state index in [1.54, 1.807) is 6.92 Å². The summed E-state index contributed by atoms with van der Waals surface area (Å²) in [6.45, 7) is 10.5. The van der Waals surface area contributed by atoms with E-state index in [9.17, 15) is 4.79 Å². The van der Waals surface area contributed by atoms with E-state index in [1.165, 1.54) is 70.6 Å². The van der Waals surface area contributed by atoms with Crippen LogP contribution >= 0.6 is 0 Å². The van der Waals surface area contributed by atoms with Crippen molar-refractivity contribution >= 4 is 5.97 Å². The van der Waals surface area contributed by atoms with Crippen LogP contribution in [-0.4, -0.2) is 12.6 Å². The molecule has 0 aromatic heterocycles. The van der Waals surface area contributed by atoms with Crippen LogP contribution in [0.15, 0.2) is 12.2 Å². The van der Waals surface area contributed by atoms with Crippen LogP contribution in [0.5, 0.6) is 0 Å². The first kappa shape index (κ1) is 22.2. The third-order valence-corrected chi connectivity index (χ3v) is 4.47. The lowest BCUT2D eigenvalue weighted by Crippen LogP contribution is -2.05. The highest BCUT2D eigenvalue weighted by molar-refractivity contribution is 5.86. The van der Waals surface area contributed by atoms with Gasteiger partial charge in [0.2, 0.25) is 0 Å². The zero-order valence-corrected chi connectivity index (χ0v) is 16.0. The molecule has 0 aliphatic carbocycles. The van der Waals surface area contributed by atoms with Gasteiger partial charge in [0, 0.05) is 5.57 Å². The van der Waals surface area contributed by atoms with Crippen LogP contribution in [0.2, 0.25) is 0 Å². The zero-order valence-electron chi connectivity index (χ0n) is 16.0. The molecule has 0 N–H and O–H groups in total. The molecule has 0 fully saturated rings. The van der Waals surface area contributed by atoms with E-state index in [0.717, 1.165) is 18.8 Å². The molecule has 0 saturated carbocycles. The average molecular weight is 325 g/mol. The molecular formula is C21H40O2. The second-order valence-corrected chi connectivity index (χ2v) is 7.13. The van der Waals surface area contributed by atoms with E-state index in [2.05, 4.69) is 20.4 Å². The number of rotatable bonds is 16. The van der Waals surface area contributed by atoms with Gasteiger partial charge >= 0.3 is 5.97 Å². The van der Waals surface area contributed by atoms with Gasteiger partial charge in [0.1, 0.15) is 0 Å². The Morgan fingerprint density at radius 3 is 1.87 bits per heavy atom. The summed E-state index contributed by atoms with van der Waals surface area (Å²) in [7, 11) is 0. The van der Waals surface area contributed by atoms with Crippen molar-refractivity contribution in [1.29, 1.82) is 0 Å². The molecule has 0 aliphatic rings. The Kier molecular flexibility index (Phi) is 15.5. The summed E-state index contributed by atoms with van der Waals surface area (Å²) in [6.07, 6.45) is 17.3. The van der Waals surface area contributed by atoms with Crippen molar-refractivity contribution in [2.75, 3.05) is 6.61 Å². The van der Waals surface area contributed by atoms with Crippen LogP contribution in [0.1, 0.15) is 104 Å². The highest BCUT2D eigenvalue weighted by atomic mass is 16.5. The Labute approximate surface area is 145 Å². The van der Waals surface area contributed by atoms with Gasteiger partial charge in [-0.15, -0.1) is 0 Å². The first-order valence-corrected chi connectivity index (χ1v) is 9.90. The molecule has 1 atom stereocenters. The first-order valence-electron chi connectivity index (χ1n) is 9.90. The molecule has 0 aromatic carbocycles. The minimum absolute atomic E-state index is 0.256. The first-order chi connectivity index (χ1) is 11.1. The molecule has 0 saturated heterocycles. The molecule has 0 aromatic rings. The normalized spacial score (nSPS) is 12.1. The maximum atomic E-state index is 11.2. The number of unbranched alkanes of at least 4 members (excludes halogenated alkanes) is 9. The van der Waals surface area contributed by atoms with Gasteiger partial charge in [0.05, 0.1) is 6.61 Å². The largest absolute Gasteiger partial charge is 0.462 e. The lowest BCUT2D eigenvalue weighted by atomic mass is 9.96. The van der Waals surface area contributed by atoms with Crippen molar-refractivity contribution in [2.45, 2.75) is 104 Å². The maximum Gasteiger partial charge on any atom is 0.333 e. The molecule has 136 valence electrons. The molecule has 2 heteroatoms. The third-order valence-electron chi connectivity index (χ3n) is 4.47. The standard InChI is InChI=1S/C21H40O2/c1-5-6-7-13-16-20(4)17-14-11-9-8-10-12-15-18-23-21(22)19(2)3/h20H,2,5-18H2,1,3-4H3. The summed E-state index contributed by atoms with van der Waals surface area (Å²) in [4.78, 5) is 11.2. The molecular weight excluding hydrogens is 284 g/mol. The lowest BCUT2D eigenvalue weighted by molar-refractivity contribution is -0.139. The van der Waals surface area contributed by atoms with E-state index in [-0.39, 0.29) is 5.97 Å². The predicted octanol–water partition coefficient (Wildman–Crippen LogP) is 6.83. The molecule has 23 heavy (non-hydrogen) atoms. The number of hydrogen-bond acceptors (Lipinski definition) is 2. The summed E-state index contributed by atoms with van der Waals surface area (Å²) < 4.78 is 5.08. The topological polar surface area (TPSA) is 26.3 Å². The van der Waals surface area contributed by atoms with Gasteiger partial charge in [-0.25, -0.2) is 4.79 Å². The predicted molar refractivity (Wildman–Crippen MR) is 101 cm³/mol. The van der Waals surface area contributed by atoms with Crippen molar-refractivity contribution in [3.63, 3.8) is 0 Å². The van der Waals surface area contributed by atoms with Crippen molar-refractivity contribution in [3.8, 4) is 0 Å². The van der Waals surface area contributed by atoms with Crippen LogP contribution in [-0.2, 0) is 9.53 Å². The van der Waals surface area contributed by atoms with Gasteiger partial charge < -0.3 is 4.74 Å². The Bertz CT molecular complexity index is 296. The summed E-state index contributed by atoms with van der Waals surface area (Å²) >= 11 is 0. The highest BCUT2D eigenvalue weighted by Gasteiger charge is 2.03. The van der Waals surface area contributed by atoms with E-state index in [0.29, 0.717) is 12.2 Å². The Hall–Kier alpha value is -0.790. The Balaban J connectivity index is 3.21. The van der Waals surface area contributed by atoms with Crippen LogP contribution in [0.4, 0.5) is 0 Å². The minimum Gasteiger partial charge on any atom is -0.462 e. The van der Waals surface area contributed by atoms with Gasteiger partial charge in [-0.05, 0) is 19.3 Å². The average Bonchev–Trinajstić information content (AvgIpc) is 2.53. The molecule has 2 nitrogen and oxygen atoms in total. The van der Waals surface area contributed by atoms with Crippen LogP contribution in [0.25, 0.3) is 0 Å². The molecule has 0 spiro atoms. The van der Waals surface area contributed by atoms with Crippen molar-refractivity contribution in [1.82, 2.24) is 0 Å². The SMILES string of the molecule is C=C(C)C(=O)OCCCCCCCCCC(C)CCCCCC. The molecule has 1 unspecified atom stereocenters. The van der Waals surface area contributed by atoms with Gasteiger partial charge in [0.25, 0.3) is 0 Å². The van der Waals surface area contributed by atoms with Gasteiger partial charge in [-0.3, -0.25) is 0 Å². The number of carbonyl (C=O) groups is 1. The fourth-order valence-electron chi connectivity index (χ4n) is 2.83. The van der Waals surface area contributed by atoms with E-state index in [1.807, 2.05) is 0 Å². The van der Waals surface area contributed by atoms with E-state index >= 15 is 0 Å². The van der Waals surface area contributed by atoms with Crippen molar-refractivity contribution in [2.24, 2.45) is 5.92 Å². The second-order valence-electron chi connectivity index (χ2n) is 7.13. The molecule has 0 bridgehead atoms. The smallest absolute Gasteiger partial charge is 0.333 e. The van der Waals surface area contributed by atoms with Crippen LogP contribution in [0, 0.1) is 5.92 Å². The second kappa shape index (κ2) is 16.1. The molecule has 0 radical (unpaired) electrons. The summed E-state index contributed by atoms with van der Waals surface area (Å²) in [5.41, 5.74) is 0.490. The number of carbonyl (C=O) groups excluding carboxylic acids is 1. The number of hydrogen-bond donors (Lipinski definition) is 0.